The summed E-state index contributed by atoms with van der Waals surface area (Å²) in [4.78, 5) is 0. The lowest BCUT2D eigenvalue weighted by Gasteiger charge is -2.07. The van der Waals surface area contributed by atoms with Crippen LogP contribution >= 0.6 is 0 Å². The molecule has 0 bridgehead atoms. The largest absolute Gasteiger partial charge is 0.384 e. The topological polar surface area (TPSA) is 43.8 Å². The smallest absolute Gasteiger partial charge is 0.125 e. The lowest BCUT2D eigenvalue weighted by atomic mass is 9.98. The maximum absolute atomic E-state index is 6.12. The van der Waals surface area contributed by atoms with Gasteiger partial charge in [0, 0.05) is 18.2 Å². The van der Waals surface area contributed by atoms with Crippen LogP contribution in [0.5, 0.6) is 0 Å². The maximum Gasteiger partial charge on any atom is 0.125 e. The van der Waals surface area contributed by atoms with Gasteiger partial charge < -0.3 is 5.73 Å². The van der Waals surface area contributed by atoms with Crippen LogP contribution in [0.1, 0.15) is 31.4 Å². The third kappa shape index (κ3) is 2.13. The average Bonchev–Trinajstić information content (AvgIpc) is 2.67. The number of aryl methyl sites for hydroxylation is 2. The van der Waals surface area contributed by atoms with Crippen LogP contribution in [-0.2, 0) is 19.9 Å². The van der Waals surface area contributed by atoms with Crippen molar-refractivity contribution in [1.82, 2.24) is 9.78 Å². The Morgan fingerprint density at radius 2 is 1.94 bits per heavy atom. The zero-order valence-electron chi connectivity index (χ0n) is 11.4. The number of aromatic nitrogens is 2. The van der Waals surface area contributed by atoms with Gasteiger partial charge in [0.15, 0.2) is 0 Å². The van der Waals surface area contributed by atoms with Gasteiger partial charge in [-0.1, -0.05) is 44.5 Å². The molecule has 0 atom stereocenters. The highest BCUT2D eigenvalue weighted by atomic mass is 15.3. The molecule has 0 aliphatic heterocycles. The van der Waals surface area contributed by atoms with Crippen molar-refractivity contribution < 1.29 is 0 Å². The average molecular weight is 243 g/mol. The van der Waals surface area contributed by atoms with E-state index < -0.39 is 0 Å². The van der Waals surface area contributed by atoms with Crippen LogP contribution < -0.4 is 5.73 Å². The summed E-state index contributed by atoms with van der Waals surface area (Å²) in [5.41, 5.74) is 10.9. The van der Waals surface area contributed by atoms with Crippen molar-refractivity contribution in [1.29, 1.82) is 0 Å². The van der Waals surface area contributed by atoms with Gasteiger partial charge in [0.2, 0.25) is 0 Å². The first-order valence-electron chi connectivity index (χ1n) is 6.58. The molecule has 0 unspecified atom stereocenters. The molecule has 2 rings (SSSR count). The molecule has 0 amide bonds. The number of hydrogen-bond donors (Lipinski definition) is 1. The Hall–Kier alpha value is -1.77. The van der Waals surface area contributed by atoms with E-state index in [4.69, 9.17) is 5.73 Å². The standard InChI is InChI=1S/C15H21N3/c1-4-8-13-14(17-18(3)15(13)16)12-10-7-6-9-11(12)5-2/h6-7,9-10H,4-5,8,16H2,1-3H3. The van der Waals surface area contributed by atoms with E-state index in [1.165, 1.54) is 16.7 Å². The third-order valence-corrected chi connectivity index (χ3v) is 3.35. The van der Waals surface area contributed by atoms with Gasteiger partial charge in [-0.25, -0.2) is 0 Å². The summed E-state index contributed by atoms with van der Waals surface area (Å²) in [6.45, 7) is 4.34. The fourth-order valence-corrected chi connectivity index (χ4v) is 2.35. The fourth-order valence-electron chi connectivity index (χ4n) is 2.35. The van der Waals surface area contributed by atoms with Crippen molar-refractivity contribution in [2.45, 2.75) is 33.1 Å². The van der Waals surface area contributed by atoms with Gasteiger partial charge in [-0.05, 0) is 18.4 Å². The first kappa shape index (κ1) is 12.7. The Bertz CT molecular complexity index is 541. The van der Waals surface area contributed by atoms with Gasteiger partial charge in [0.25, 0.3) is 0 Å². The van der Waals surface area contributed by atoms with Crippen molar-refractivity contribution in [3.63, 3.8) is 0 Å². The van der Waals surface area contributed by atoms with Crippen LogP contribution in [0.25, 0.3) is 11.3 Å². The number of rotatable bonds is 4. The molecule has 0 aliphatic rings. The van der Waals surface area contributed by atoms with Crippen LogP contribution in [0, 0.1) is 0 Å². The summed E-state index contributed by atoms with van der Waals surface area (Å²) >= 11 is 0. The molecule has 18 heavy (non-hydrogen) atoms. The van der Waals surface area contributed by atoms with E-state index in [0.717, 1.165) is 30.8 Å². The van der Waals surface area contributed by atoms with Crippen LogP contribution in [0.4, 0.5) is 5.82 Å². The molecule has 0 fully saturated rings. The minimum atomic E-state index is 0.790. The Morgan fingerprint density at radius 1 is 1.22 bits per heavy atom. The van der Waals surface area contributed by atoms with Crippen molar-refractivity contribution in [3.8, 4) is 11.3 Å². The van der Waals surface area contributed by atoms with Crippen molar-refractivity contribution in [2.75, 3.05) is 5.73 Å². The molecule has 2 aromatic rings. The normalized spacial score (nSPS) is 10.8. The Morgan fingerprint density at radius 3 is 2.61 bits per heavy atom. The molecule has 1 aromatic heterocycles. The minimum Gasteiger partial charge on any atom is -0.384 e. The van der Waals surface area contributed by atoms with E-state index in [-0.39, 0.29) is 0 Å². The maximum atomic E-state index is 6.12. The van der Waals surface area contributed by atoms with E-state index in [0.29, 0.717) is 0 Å². The van der Waals surface area contributed by atoms with Gasteiger partial charge in [-0.3, -0.25) is 4.68 Å². The summed E-state index contributed by atoms with van der Waals surface area (Å²) in [6, 6.07) is 8.44. The van der Waals surface area contributed by atoms with Crippen molar-refractivity contribution in [2.24, 2.45) is 7.05 Å². The summed E-state index contributed by atoms with van der Waals surface area (Å²) in [7, 11) is 1.91. The van der Waals surface area contributed by atoms with E-state index >= 15 is 0 Å². The number of nitrogen functional groups attached to an aromatic ring is 1. The number of benzene rings is 1. The molecule has 0 aliphatic carbocycles. The van der Waals surface area contributed by atoms with Crippen LogP contribution in [-0.4, -0.2) is 9.78 Å². The van der Waals surface area contributed by atoms with Gasteiger partial charge in [-0.2, -0.15) is 5.10 Å². The predicted molar refractivity (Wildman–Crippen MR) is 76.4 cm³/mol. The molecule has 3 nitrogen and oxygen atoms in total. The monoisotopic (exact) mass is 243 g/mol. The van der Waals surface area contributed by atoms with E-state index in [2.05, 4.69) is 43.2 Å². The Balaban J connectivity index is 2.59. The summed E-state index contributed by atoms with van der Waals surface area (Å²) in [5, 5.41) is 4.60. The van der Waals surface area contributed by atoms with Crippen molar-refractivity contribution in [3.05, 3.63) is 35.4 Å². The predicted octanol–water partition coefficient (Wildman–Crippen LogP) is 3.18. The first-order chi connectivity index (χ1) is 8.69. The third-order valence-electron chi connectivity index (χ3n) is 3.35. The molecular formula is C15H21N3. The van der Waals surface area contributed by atoms with E-state index in [1.807, 2.05) is 7.05 Å². The number of anilines is 1. The molecule has 0 saturated heterocycles. The van der Waals surface area contributed by atoms with Gasteiger partial charge in [0.05, 0.1) is 5.69 Å². The lowest BCUT2D eigenvalue weighted by molar-refractivity contribution is 0.781. The van der Waals surface area contributed by atoms with Crippen LogP contribution in [0.3, 0.4) is 0 Å². The Labute approximate surface area is 109 Å². The highest BCUT2D eigenvalue weighted by molar-refractivity contribution is 5.71. The second-order valence-corrected chi connectivity index (χ2v) is 4.60. The summed E-state index contributed by atoms with van der Waals surface area (Å²) in [6.07, 6.45) is 3.07. The first-order valence-corrected chi connectivity index (χ1v) is 6.58. The van der Waals surface area contributed by atoms with Gasteiger partial charge in [-0.15, -0.1) is 0 Å². The number of hydrogen-bond acceptors (Lipinski definition) is 2. The second kappa shape index (κ2) is 5.25. The highest BCUT2D eigenvalue weighted by Gasteiger charge is 2.16. The molecule has 3 heteroatoms. The SMILES string of the molecule is CCCc1c(-c2ccccc2CC)nn(C)c1N. The molecule has 96 valence electrons. The quantitative estimate of drug-likeness (QED) is 0.896. The van der Waals surface area contributed by atoms with E-state index in [1.54, 1.807) is 4.68 Å². The molecule has 1 heterocycles. The molecule has 0 radical (unpaired) electrons. The Kier molecular flexibility index (Phi) is 3.70. The van der Waals surface area contributed by atoms with Gasteiger partial charge >= 0.3 is 0 Å². The lowest BCUT2D eigenvalue weighted by Crippen LogP contribution is -1.99. The van der Waals surface area contributed by atoms with Crippen LogP contribution in [0.2, 0.25) is 0 Å². The zero-order chi connectivity index (χ0) is 13.1. The number of nitrogens with zero attached hydrogens (tertiary/aromatic N) is 2. The van der Waals surface area contributed by atoms with Crippen LogP contribution in [0.15, 0.2) is 24.3 Å². The number of nitrogens with two attached hydrogens (primary N) is 1. The summed E-state index contributed by atoms with van der Waals surface area (Å²) in [5.74, 6) is 0.790. The molecule has 2 N–H and O–H groups in total. The van der Waals surface area contributed by atoms with E-state index in [9.17, 15) is 0 Å². The second-order valence-electron chi connectivity index (χ2n) is 4.60. The molecule has 1 aromatic carbocycles. The highest BCUT2D eigenvalue weighted by Crippen LogP contribution is 2.30. The van der Waals surface area contributed by atoms with Crippen molar-refractivity contribution >= 4 is 5.82 Å². The molecule has 0 saturated carbocycles. The molecular weight excluding hydrogens is 222 g/mol. The molecule has 0 spiro atoms. The zero-order valence-corrected chi connectivity index (χ0v) is 11.4. The summed E-state index contributed by atoms with van der Waals surface area (Å²) < 4.78 is 1.78. The van der Waals surface area contributed by atoms with Gasteiger partial charge in [0.1, 0.15) is 5.82 Å². The minimum absolute atomic E-state index is 0.790. The fraction of sp³-hybridized carbons (Fsp3) is 0.400.